The maximum Gasteiger partial charge on any atom is 0.416 e. The number of likely N-dealkylation sites (tertiary alicyclic amines) is 1. The molecular formula is C32H40F6N6OS. The highest BCUT2D eigenvalue weighted by Crippen LogP contribution is 2.36. The van der Waals surface area contributed by atoms with Crippen molar-refractivity contribution in [2.45, 2.75) is 51.0 Å². The van der Waals surface area contributed by atoms with E-state index in [1.165, 1.54) is 11.9 Å². The summed E-state index contributed by atoms with van der Waals surface area (Å²) < 4.78 is 78.7. The second-order valence-electron chi connectivity index (χ2n) is 10.7. The molecule has 2 aromatic carbocycles. The van der Waals surface area contributed by atoms with Crippen molar-refractivity contribution < 1.29 is 31.1 Å². The number of hydrogen-bond donors (Lipinski definition) is 3. The molecule has 1 unspecified atom stereocenters. The van der Waals surface area contributed by atoms with Crippen LogP contribution in [0.4, 0.5) is 26.3 Å². The standard InChI is InChI=1S/C27H29F6N3O.C5H11N3S/c1-18(34-2)24(10-13-36-11-8-21(9-12-36)20-6-4-3-5-7-20)25(37)35-17-19-14-22(26(28,29)30)16-23(15-19)27(31,32)33;1-5(7-2)8(3-6)4-9/h3-7,14-16,21,24H,1-2,8-13,17H2,(H,35,37);3,6,9H,4H2,1-2H3. The number of nitrogens with zero attached hydrogens (tertiary/aromatic N) is 4. The number of benzene rings is 2. The molecule has 0 spiro atoms. The van der Waals surface area contributed by atoms with Gasteiger partial charge in [0.05, 0.1) is 29.3 Å². The minimum Gasteiger partial charge on any atom is -0.351 e. The van der Waals surface area contributed by atoms with E-state index >= 15 is 0 Å². The fraction of sp³-hybridized carbons (Fsp3) is 0.438. The van der Waals surface area contributed by atoms with Gasteiger partial charge in [-0.25, -0.2) is 0 Å². The number of piperidine rings is 1. The largest absolute Gasteiger partial charge is 0.416 e. The van der Waals surface area contributed by atoms with Gasteiger partial charge in [0.25, 0.3) is 0 Å². The van der Waals surface area contributed by atoms with E-state index in [4.69, 9.17) is 5.41 Å². The average molecular weight is 671 g/mol. The Morgan fingerprint density at radius 2 is 1.67 bits per heavy atom. The second kappa shape index (κ2) is 17.9. The summed E-state index contributed by atoms with van der Waals surface area (Å²) in [6, 6.07) is 11.5. The Bertz CT molecular complexity index is 1310. The first-order valence-corrected chi connectivity index (χ1v) is 15.1. The normalized spacial score (nSPS) is 15.3. The van der Waals surface area contributed by atoms with Gasteiger partial charge in [-0.15, -0.1) is 0 Å². The molecule has 0 aromatic heterocycles. The Balaban J connectivity index is 0.000000713. The van der Waals surface area contributed by atoms with E-state index in [1.54, 1.807) is 11.9 Å². The molecule has 1 aliphatic rings. The zero-order chi connectivity index (χ0) is 34.5. The summed E-state index contributed by atoms with van der Waals surface area (Å²) in [4.78, 5) is 24.3. The number of nitrogens with one attached hydrogen (secondary N) is 2. The summed E-state index contributed by atoms with van der Waals surface area (Å²) in [5.41, 5.74) is -1.68. The van der Waals surface area contributed by atoms with Crippen molar-refractivity contribution in [3.63, 3.8) is 0 Å². The second-order valence-corrected chi connectivity index (χ2v) is 10.9. The molecule has 0 saturated carbocycles. The van der Waals surface area contributed by atoms with Gasteiger partial charge in [0.1, 0.15) is 5.84 Å². The van der Waals surface area contributed by atoms with E-state index in [0.717, 1.165) is 31.8 Å². The number of carbonyl (C=O) groups excluding carboxylic acids is 1. The topological polar surface area (TPSA) is 84.2 Å². The highest BCUT2D eigenvalue weighted by Gasteiger charge is 2.37. The van der Waals surface area contributed by atoms with Gasteiger partial charge >= 0.3 is 12.4 Å². The third-order valence-electron chi connectivity index (χ3n) is 7.68. The van der Waals surface area contributed by atoms with Crippen LogP contribution in [0.15, 0.2) is 70.8 Å². The molecule has 1 saturated heterocycles. The molecule has 0 aliphatic carbocycles. The van der Waals surface area contributed by atoms with Crippen LogP contribution in [0.2, 0.25) is 0 Å². The van der Waals surface area contributed by atoms with E-state index in [-0.39, 0.29) is 17.3 Å². The number of alkyl halides is 6. The van der Waals surface area contributed by atoms with Crippen molar-refractivity contribution in [3.8, 4) is 0 Å². The Morgan fingerprint density at radius 1 is 1.11 bits per heavy atom. The lowest BCUT2D eigenvalue weighted by Crippen LogP contribution is -2.37. The molecule has 3 rings (SSSR count). The lowest BCUT2D eigenvalue weighted by atomic mass is 9.89. The number of carbonyl (C=O) groups is 1. The number of hydrogen-bond acceptors (Lipinski definition) is 6. The van der Waals surface area contributed by atoms with Crippen LogP contribution in [0.25, 0.3) is 0 Å². The third kappa shape index (κ3) is 11.9. The fourth-order valence-corrected chi connectivity index (χ4v) is 5.17. The molecule has 0 bridgehead atoms. The van der Waals surface area contributed by atoms with Crippen LogP contribution in [0, 0.1) is 11.3 Å². The van der Waals surface area contributed by atoms with Crippen molar-refractivity contribution in [3.05, 3.63) is 83.1 Å². The first kappa shape index (κ1) is 38.5. The lowest BCUT2D eigenvalue weighted by molar-refractivity contribution is -0.143. The molecule has 1 amide bonds. The van der Waals surface area contributed by atoms with Crippen LogP contribution in [0.1, 0.15) is 54.4 Å². The monoisotopic (exact) mass is 670 g/mol. The van der Waals surface area contributed by atoms with E-state index in [1.807, 2.05) is 25.1 Å². The van der Waals surface area contributed by atoms with Gasteiger partial charge in [0.2, 0.25) is 5.91 Å². The van der Waals surface area contributed by atoms with Crippen molar-refractivity contribution in [2.75, 3.05) is 32.6 Å². The van der Waals surface area contributed by atoms with Crippen LogP contribution in [-0.2, 0) is 23.7 Å². The van der Waals surface area contributed by atoms with Gasteiger partial charge in [0.15, 0.2) is 0 Å². The Morgan fingerprint density at radius 3 is 2.11 bits per heavy atom. The highest BCUT2D eigenvalue weighted by molar-refractivity contribution is 7.80. The van der Waals surface area contributed by atoms with Crippen molar-refractivity contribution in [1.29, 1.82) is 5.41 Å². The molecule has 1 aliphatic heterocycles. The number of rotatable bonds is 11. The summed E-state index contributed by atoms with van der Waals surface area (Å²) in [6.45, 7) is 10.7. The molecule has 2 aromatic rings. The summed E-state index contributed by atoms with van der Waals surface area (Å²) in [7, 11) is 1.69. The van der Waals surface area contributed by atoms with Crippen LogP contribution >= 0.6 is 12.6 Å². The number of amides is 1. The highest BCUT2D eigenvalue weighted by atomic mass is 32.1. The SMILES string of the molecule is C=NC(=C)C(CCN1CCC(c2ccccc2)CC1)C(=O)NCc1cc(C(F)(F)F)cc(C(F)(F)F)c1.CN=C(C)N(C=N)CS. The Kier molecular flexibility index (Phi) is 15.0. The van der Waals surface area contributed by atoms with Crippen molar-refractivity contribution in [1.82, 2.24) is 15.1 Å². The molecule has 1 fully saturated rings. The zero-order valence-corrected chi connectivity index (χ0v) is 26.7. The maximum atomic E-state index is 13.1. The van der Waals surface area contributed by atoms with Gasteiger partial charge in [-0.2, -0.15) is 39.0 Å². The fourth-order valence-electron chi connectivity index (χ4n) is 4.88. The van der Waals surface area contributed by atoms with Gasteiger partial charge in [-0.1, -0.05) is 36.9 Å². The molecular weight excluding hydrogens is 630 g/mol. The van der Waals surface area contributed by atoms with Crippen LogP contribution in [0.5, 0.6) is 0 Å². The molecule has 1 heterocycles. The molecule has 14 heteroatoms. The molecule has 252 valence electrons. The van der Waals surface area contributed by atoms with Crippen molar-refractivity contribution >= 4 is 37.4 Å². The number of aliphatic imine (C=N–C) groups is 2. The van der Waals surface area contributed by atoms with Crippen LogP contribution < -0.4 is 5.32 Å². The average Bonchev–Trinajstić information content (AvgIpc) is 3.04. The first-order valence-electron chi connectivity index (χ1n) is 14.4. The quantitative estimate of drug-likeness (QED) is 0.0774. The molecule has 46 heavy (non-hydrogen) atoms. The third-order valence-corrected chi connectivity index (χ3v) is 7.98. The van der Waals surface area contributed by atoms with E-state index in [2.05, 4.69) is 58.3 Å². The summed E-state index contributed by atoms with van der Waals surface area (Å²) >= 11 is 3.98. The van der Waals surface area contributed by atoms with Gasteiger partial charge < -0.3 is 15.1 Å². The minimum absolute atomic E-state index is 0.0541. The smallest absolute Gasteiger partial charge is 0.351 e. The van der Waals surface area contributed by atoms with E-state index < -0.39 is 41.8 Å². The van der Waals surface area contributed by atoms with Crippen LogP contribution in [0.3, 0.4) is 0 Å². The predicted octanol–water partition coefficient (Wildman–Crippen LogP) is 7.27. The molecule has 2 N–H and O–H groups in total. The maximum absolute atomic E-state index is 13.1. The first-order chi connectivity index (χ1) is 21.6. The summed E-state index contributed by atoms with van der Waals surface area (Å²) in [6.07, 6.45) is -6.43. The van der Waals surface area contributed by atoms with E-state index in [0.29, 0.717) is 36.9 Å². The van der Waals surface area contributed by atoms with Gasteiger partial charge in [-0.3, -0.25) is 20.2 Å². The molecule has 0 radical (unpaired) electrons. The Hall–Kier alpha value is -3.65. The molecule has 1 atom stereocenters. The van der Waals surface area contributed by atoms with Gasteiger partial charge in [0, 0.05) is 19.3 Å². The zero-order valence-electron chi connectivity index (χ0n) is 25.8. The van der Waals surface area contributed by atoms with Crippen LogP contribution in [-0.4, -0.2) is 67.2 Å². The number of halogens is 6. The summed E-state index contributed by atoms with van der Waals surface area (Å²) in [5, 5.41) is 9.31. The number of amidine groups is 1. The Labute approximate surface area is 271 Å². The van der Waals surface area contributed by atoms with Crippen molar-refractivity contribution in [2.24, 2.45) is 15.9 Å². The van der Waals surface area contributed by atoms with Gasteiger partial charge in [-0.05, 0) is 87.8 Å². The minimum atomic E-state index is -4.96. The molecule has 7 nitrogen and oxygen atoms in total. The number of thiol groups is 1. The van der Waals surface area contributed by atoms with E-state index in [9.17, 15) is 31.1 Å². The predicted molar refractivity (Wildman–Crippen MR) is 173 cm³/mol. The summed E-state index contributed by atoms with van der Waals surface area (Å²) in [5.74, 6) is 0.391. The lowest BCUT2D eigenvalue weighted by Gasteiger charge is -2.33.